The van der Waals surface area contributed by atoms with Crippen molar-refractivity contribution in [2.24, 2.45) is 0 Å². The number of methoxy groups -OCH3 is 1. The zero-order chi connectivity index (χ0) is 12.3. The molecule has 3 atom stereocenters. The fraction of sp³-hybridized carbons (Fsp3) is 0.909. The maximum Gasteiger partial charge on any atom is 0.338 e. The van der Waals surface area contributed by atoms with E-state index < -0.39 is 11.6 Å². The normalized spacial score (nSPS) is 30.8. The van der Waals surface area contributed by atoms with Crippen LogP contribution in [0.1, 0.15) is 20.8 Å². The summed E-state index contributed by atoms with van der Waals surface area (Å²) in [5.74, 6) is -0.598. The minimum Gasteiger partial charge on any atom is -0.467 e. The maximum atomic E-state index is 11.4. The number of hydrogen-bond donors (Lipinski definition) is 1. The Morgan fingerprint density at radius 3 is 2.81 bits per heavy atom. The largest absolute Gasteiger partial charge is 0.467 e. The maximum absolute atomic E-state index is 11.4. The number of nitrogens with zero attached hydrogens (tertiary/aromatic N) is 1. The van der Waals surface area contributed by atoms with E-state index >= 15 is 0 Å². The summed E-state index contributed by atoms with van der Waals surface area (Å²) in [7, 11) is 1.28. The summed E-state index contributed by atoms with van der Waals surface area (Å²) in [4.78, 5) is 13.4. The first-order chi connectivity index (χ1) is 7.36. The molecule has 0 aromatic carbocycles. The van der Waals surface area contributed by atoms with Crippen LogP contribution in [0.5, 0.6) is 0 Å². The number of β-amino-alcohol motifs (C(OH)–C–C–N with tert-alkyl or cyclic N) is 1. The molecule has 0 radical (unpaired) electrons. The van der Waals surface area contributed by atoms with Crippen molar-refractivity contribution in [1.29, 1.82) is 0 Å². The van der Waals surface area contributed by atoms with Gasteiger partial charge in [0.1, 0.15) is 0 Å². The van der Waals surface area contributed by atoms with E-state index in [1.165, 1.54) is 14.0 Å². The molecule has 0 bridgehead atoms. The molecule has 1 fully saturated rings. The van der Waals surface area contributed by atoms with E-state index in [0.717, 1.165) is 0 Å². The lowest BCUT2D eigenvalue weighted by atomic mass is 10.0. The van der Waals surface area contributed by atoms with Gasteiger partial charge in [0.2, 0.25) is 0 Å². The fourth-order valence-corrected chi connectivity index (χ4v) is 1.87. The van der Waals surface area contributed by atoms with E-state index in [-0.39, 0.29) is 18.7 Å². The van der Waals surface area contributed by atoms with Gasteiger partial charge in [-0.25, -0.2) is 4.79 Å². The number of carbonyl (C=O) groups excluding carboxylic acids is 1. The number of hydrogen-bond acceptors (Lipinski definition) is 5. The van der Waals surface area contributed by atoms with Crippen LogP contribution in [0.3, 0.4) is 0 Å². The highest BCUT2D eigenvalue weighted by Gasteiger charge is 2.36. The summed E-state index contributed by atoms with van der Waals surface area (Å²) in [6.07, 6.45) is 0.129. The molecule has 1 aliphatic heterocycles. The van der Waals surface area contributed by atoms with Gasteiger partial charge in [-0.2, -0.15) is 0 Å². The van der Waals surface area contributed by atoms with Gasteiger partial charge in [0.15, 0.2) is 5.60 Å². The van der Waals surface area contributed by atoms with E-state index in [0.29, 0.717) is 13.2 Å². The predicted octanol–water partition coefficient (Wildman–Crippen LogP) is 0.0196. The molecule has 5 nitrogen and oxygen atoms in total. The molecule has 16 heavy (non-hydrogen) atoms. The Morgan fingerprint density at radius 2 is 2.25 bits per heavy atom. The molecule has 1 aliphatic rings. The molecule has 3 unspecified atom stereocenters. The van der Waals surface area contributed by atoms with Crippen molar-refractivity contribution in [2.75, 3.05) is 26.8 Å². The molecule has 0 saturated carbocycles. The Hall–Kier alpha value is -0.650. The minimum absolute atomic E-state index is 0.129. The van der Waals surface area contributed by atoms with Crippen LogP contribution >= 0.6 is 0 Å². The van der Waals surface area contributed by atoms with Crippen molar-refractivity contribution in [3.63, 3.8) is 0 Å². The Labute approximate surface area is 96.3 Å². The van der Waals surface area contributed by atoms with E-state index in [1.54, 1.807) is 0 Å². The zero-order valence-corrected chi connectivity index (χ0v) is 10.4. The van der Waals surface area contributed by atoms with Crippen LogP contribution in [0.4, 0.5) is 0 Å². The minimum atomic E-state index is -1.46. The standard InChI is InChI=1S/C11H21NO4/c1-8-6-16-9(2)5-12(8)7-11(3,14)10(13)15-4/h8-9,14H,5-7H2,1-4H3. The van der Waals surface area contributed by atoms with Gasteiger partial charge in [-0.15, -0.1) is 0 Å². The van der Waals surface area contributed by atoms with Crippen molar-refractivity contribution in [2.45, 2.75) is 38.5 Å². The smallest absolute Gasteiger partial charge is 0.338 e. The quantitative estimate of drug-likeness (QED) is 0.694. The van der Waals surface area contributed by atoms with Crippen molar-refractivity contribution < 1.29 is 19.4 Å². The van der Waals surface area contributed by atoms with Gasteiger partial charge in [-0.3, -0.25) is 4.90 Å². The molecule has 0 aromatic heterocycles. The highest BCUT2D eigenvalue weighted by Crippen LogP contribution is 2.16. The van der Waals surface area contributed by atoms with Crippen LogP contribution in [0.2, 0.25) is 0 Å². The van der Waals surface area contributed by atoms with Gasteiger partial charge in [0, 0.05) is 19.1 Å². The molecular weight excluding hydrogens is 210 g/mol. The lowest BCUT2D eigenvalue weighted by molar-refractivity contribution is -0.165. The van der Waals surface area contributed by atoms with Gasteiger partial charge in [0.05, 0.1) is 19.8 Å². The summed E-state index contributed by atoms with van der Waals surface area (Å²) >= 11 is 0. The highest BCUT2D eigenvalue weighted by molar-refractivity contribution is 5.78. The van der Waals surface area contributed by atoms with E-state index in [2.05, 4.69) is 4.74 Å². The van der Waals surface area contributed by atoms with Gasteiger partial charge in [-0.05, 0) is 20.8 Å². The SMILES string of the molecule is COC(=O)C(C)(O)CN1CC(C)OCC1C. The molecule has 0 aliphatic carbocycles. The number of aliphatic hydroxyl groups is 1. The zero-order valence-electron chi connectivity index (χ0n) is 10.4. The lowest BCUT2D eigenvalue weighted by Crippen LogP contribution is -2.55. The average Bonchev–Trinajstić information content (AvgIpc) is 2.22. The number of rotatable bonds is 3. The summed E-state index contributed by atoms with van der Waals surface area (Å²) in [5, 5.41) is 9.98. The molecule has 94 valence electrons. The highest BCUT2D eigenvalue weighted by atomic mass is 16.5. The molecule has 1 saturated heterocycles. The Kier molecular flexibility index (Phi) is 4.29. The van der Waals surface area contributed by atoms with E-state index in [1.807, 2.05) is 18.7 Å². The first-order valence-electron chi connectivity index (χ1n) is 5.53. The summed E-state index contributed by atoms with van der Waals surface area (Å²) in [5.41, 5.74) is -1.46. The third-order valence-electron chi connectivity index (χ3n) is 2.87. The molecule has 1 rings (SSSR count). The second-order valence-corrected chi connectivity index (χ2v) is 4.69. The van der Waals surface area contributed by atoms with Crippen molar-refractivity contribution in [3.8, 4) is 0 Å². The Bertz CT molecular complexity index is 254. The van der Waals surface area contributed by atoms with Crippen molar-refractivity contribution in [1.82, 2.24) is 4.90 Å². The number of morpholine rings is 1. The molecular formula is C11H21NO4. The topological polar surface area (TPSA) is 59.0 Å². The summed E-state index contributed by atoms with van der Waals surface area (Å²) in [6.45, 7) is 7.08. The fourth-order valence-electron chi connectivity index (χ4n) is 1.87. The van der Waals surface area contributed by atoms with E-state index in [9.17, 15) is 9.90 Å². The average molecular weight is 231 g/mol. The van der Waals surface area contributed by atoms with Crippen LogP contribution in [0.15, 0.2) is 0 Å². The molecule has 1 heterocycles. The van der Waals surface area contributed by atoms with Gasteiger partial charge >= 0.3 is 5.97 Å². The first kappa shape index (κ1) is 13.4. The van der Waals surface area contributed by atoms with E-state index in [4.69, 9.17) is 4.74 Å². The number of ether oxygens (including phenoxy) is 2. The summed E-state index contributed by atoms with van der Waals surface area (Å²) < 4.78 is 10.1. The molecule has 0 aromatic rings. The third-order valence-corrected chi connectivity index (χ3v) is 2.87. The lowest BCUT2D eigenvalue weighted by Gasteiger charge is -2.39. The molecule has 5 heteroatoms. The molecule has 1 N–H and O–H groups in total. The van der Waals surface area contributed by atoms with Gasteiger partial charge in [0.25, 0.3) is 0 Å². The second-order valence-electron chi connectivity index (χ2n) is 4.69. The summed E-state index contributed by atoms with van der Waals surface area (Å²) in [6, 6.07) is 0.201. The molecule has 0 spiro atoms. The number of esters is 1. The second kappa shape index (κ2) is 5.12. The monoisotopic (exact) mass is 231 g/mol. The number of carbonyl (C=O) groups is 1. The Morgan fingerprint density at radius 1 is 1.62 bits per heavy atom. The Balaban J connectivity index is 2.60. The predicted molar refractivity (Wildman–Crippen MR) is 59.1 cm³/mol. The van der Waals surface area contributed by atoms with Crippen LogP contribution in [-0.2, 0) is 14.3 Å². The molecule has 0 amide bonds. The van der Waals surface area contributed by atoms with Crippen LogP contribution in [0, 0.1) is 0 Å². The van der Waals surface area contributed by atoms with Gasteiger partial charge < -0.3 is 14.6 Å². The van der Waals surface area contributed by atoms with Crippen LogP contribution < -0.4 is 0 Å². The van der Waals surface area contributed by atoms with Crippen LogP contribution in [0.25, 0.3) is 0 Å². The van der Waals surface area contributed by atoms with Crippen molar-refractivity contribution >= 4 is 5.97 Å². The van der Waals surface area contributed by atoms with Crippen molar-refractivity contribution in [3.05, 3.63) is 0 Å². The third kappa shape index (κ3) is 3.17. The first-order valence-corrected chi connectivity index (χ1v) is 5.53. The van der Waals surface area contributed by atoms with Crippen LogP contribution in [-0.4, -0.2) is 60.5 Å². The van der Waals surface area contributed by atoms with Gasteiger partial charge in [-0.1, -0.05) is 0 Å².